The zero-order chi connectivity index (χ0) is 50.8. The van der Waals surface area contributed by atoms with Crippen molar-refractivity contribution in [1.82, 2.24) is 14.1 Å². The molecule has 5 heteroatoms. The molecule has 362 valence electrons. The van der Waals surface area contributed by atoms with Gasteiger partial charge >= 0.3 is 0 Å². The van der Waals surface area contributed by atoms with Crippen LogP contribution in [0.3, 0.4) is 0 Å². The molecule has 72 heavy (non-hydrogen) atoms. The summed E-state index contributed by atoms with van der Waals surface area (Å²) in [5.41, 5.74) is 13.1. The zero-order valence-corrected chi connectivity index (χ0v) is 44.2. The van der Waals surface area contributed by atoms with Gasteiger partial charge in [0.15, 0.2) is 0 Å². The number of pyridine rings is 1. The van der Waals surface area contributed by atoms with Crippen LogP contribution < -0.4 is 9.30 Å². The van der Waals surface area contributed by atoms with Gasteiger partial charge in [-0.1, -0.05) is 186 Å². The molecule has 0 spiro atoms. The van der Waals surface area contributed by atoms with Gasteiger partial charge in [0.25, 0.3) is 6.33 Å². The van der Waals surface area contributed by atoms with Crippen LogP contribution in [0.2, 0.25) is 0 Å². The van der Waals surface area contributed by atoms with Crippen LogP contribution in [0.5, 0.6) is 11.5 Å². The van der Waals surface area contributed by atoms with Crippen LogP contribution in [-0.2, 0) is 27.1 Å². The first-order valence-corrected chi connectivity index (χ1v) is 25.4. The Morgan fingerprint density at radius 3 is 1.53 bits per heavy atom. The van der Waals surface area contributed by atoms with E-state index >= 15 is 0 Å². The summed E-state index contributed by atoms with van der Waals surface area (Å²) in [6, 6.07) is 63.8. The van der Waals surface area contributed by atoms with Crippen molar-refractivity contribution in [3.63, 3.8) is 0 Å². The van der Waals surface area contributed by atoms with Crippen LogP contribution in [-0.4, -0.2) is 14.1 Å². The van der Waals surface area contributed by atoms with Gasteiger partial charge in [-0.25, -0.2) is 4.98 Å². The fraction of sp³-hybridized carbons (Fsp3) is 0.254. The first-order chi connectivity index (χ1) is 34.2. The minimum Gasteiger partial charge on any atom is -0.458 e. The second-order valence-corrected chi connectivity index (χ2v) is 23.3. The largest absolute Gasteiger partial charge is 0.458 e. The van der Waals surface area contributed by atoms with E-state index in [0.717, 1.165) is 50.7 Å². The van der Waals surface area contributed by atoms with Crippen molar-refractivity contribution in [3.05, 3.63) is 245 Å². The van der Waals surface area contributed by atoms with Gasteiger partial charge < -0.3 is 4.74 Å². The van der Waals surface area contributed by atoms with Gasteiger partial charge in [-0.15, -0.1) is 0 Å². The molecular weight excluding hydrogens is 877 g/mol. The number of fused-ring (bicyclic) bond motifs is 3. The topological polar surface area (TPSA) is 35.9 Å². The Labute approximate surface area is 427 Å². The molecule has 7 aromatic carbocycles. The van der Waals surface area contributed by atoms with Crippen molar-refractivity contribution in [2.24, 2.45) is 0 Å². The minimum absolute atomic E-state index is 0.00567. The van der Waals surface area contributed by atoms with Gasteiger partial charge in [-0.3, -0.25) is 13.7 Å². The van der Waals surface area contributed by atoms with E-state index in [9.17, 15) is 0 Å². The van der Waals surface area contributed by atoms with E-state index in [1.54, 1.807) is 0 Å². The molecule has 0 amide bonds. The van der Waals surface area contributed by atoms with Crippen LogP contribution in [0.4, 0.5) is 0 Å². The van der Waals surface area contributed by atoms with E-state index in [-0.39, 0.29) is 27.1 Å². The molecule has 0 fully saturated rings. The number of imidazole rings is 1. The van der Waals surface area contributed by atoms with E-state index < -0.39 is 0 Å². The van der Waals surface area contributed by atoms with Crippen molar-refractivity contribution < 1.29 is 9.30 Å². The Balaban J connectivity index is 1.10. The molecule has 0 saturated carbocycles. The average molecular weight is 945 g/mol. The number of aromatic nitrogens is 4. The fourth-order valence-electron chi connectivity index (χ4n) is 10.2. The Morgan fingerprint density at radius 2 is 0.972 bits per heavy atom. The summed E-state index contributed by atoms with van der Waals surface area (Å²) in [6.45, 7) is 27.4. The molecule has 0 aliphatic heterocycles. The maximum Gasteiger partial charge on any atom is 0.268 e. The first kappa shape index (κ1) is 48.1. The van der Waals surface area contributed by atoms with Gasteiger partial charge in [-0.05, 0) is 122 Å². The number of hydrogen-bond acceptors (Lipinski definition) is 2. The molecule has 0 atom stereocenters. The second kappa shape index (κ2) is 18.0. The summed E-state index contributed by atoms with van der Waals surface area (Å²) in [5.74, 6) is 2.37. The van der Waals surface area contributed by atoms with Gasteiger partial charge in [-0.2, -0.15) is 0 Å². The number of rotatable bonds is 11. The van der Waals surface area contributed by atoms with E-state index in [1.807, 2.05) is 6.20 Å². The van der Waals surface area contributed by atoms with E-state index in [4.69, 9.17) is 9.72 Å². The number of benzene rings is 7. The highest BCUT2D eigenvalue weighted by atomic mass is 16.5. The SMILES string of the molecule is CC(C)(C)c1ccnc(-n2c3ccc(C(C)(C)C)cc3c3ccc(Oc4cc(-n5[c-][n+](-c6cc(C(C)(C)c7ccccc7)cc(C(C)(C)c7ccccc7)c6)cc5)cc(C(C)(C)c5ccccc5)c4)cc32)c1. The molecule has 10 rings (SSSR count). The van der Waals surface area contributed by atoms with Crippen LogP contribution >= 0.6 is 0 Å². The van der Waals surface area contributed by atoms with Gasteiger partial charge in [0, 0.05) is 51.7 Å². The predicted molar refractivity (Wildman–Crippen MR) is 298 cm³/mol. The average Bonchev–Trinajstić information content (AvgIpc) is 4.00. The molecule has 0 aliphatic carbocycles. The Morgan fingerprint density at radius 1 is 0.431 bits per heavy atom. The molecule has 0 bridgehead atoms. The van der Waals surface area contributed by atoms with Gasteiger partial charge in [0.2, 0.25) is 0 Å². The summed E-state index contributed by atoms with van der Waals surface area (Å²) >= 11 is 0. The highest BCUT2D eigenvalue weighted by Gasteiger charge is 2.30. The monoisotopic (exact) mass is 945 g/mol. The highest BCUT2D eigenvalue weighted by Crippen LogP contribution is 2.42. The number of nitrogens with zero attached hydrogens (tertiary/aromatic N) is 4. The zero-order valence-electron chi connectivity index (χ0n) is 44.2. The van der Waals surface area contributed by atoms with E-state index in [0.29, 0.717) is 0 Å². The molecule has 3 heterocycles. The van der Waals surface area contributed by atoms with Crippen LogP contribution in [0.25, 0.3) is 39.0 Å². The molecule has 5 nitrogen and oxygen atoms in total. The lowest BCUT2D eigenvalue weighted by molar-refractivity contribution is -0.599. The normalized spacial score (nSPS) is 12.7. The number of ether oxygens (including phenoxy) is 1. The molecule has 0 radical (unpaired) electrons. The Kier molecular flexibility index (Phi) is 12.0. The van der Waals surface area contributed by atoms with Crippen molar-refractivity contribution in [1.29, 1.82) is 0 Å². The first-order valence-electron chi connectivity index (χ1n) is 25.4. The maximum absolute atomic E-state index is 7.08. The second-order valence-electron chi connectivity index (χ2n) is 23.3. The third-order valence-electron chi connectivity index (χ3n) is 15.3. The quantitative estimate of drug-likeness (QED) is 0.0957. The summed E-state index contributed by atoms with van der Waals surface area (Å²) in [5, 5.41) is 2.35. The lowest BCUT2D eigenvalue weighted by Gasteiger charge is -2.32. The summed E-state index contributed by atoms with van der Waals surface area (Å²) < 4.78 is 13.6. The van der Waals surface area contributed by atoms with Crippen molar-refractivity contribution in [2.75, 3.05) is 0 Å². The Bertz CT molecular complexity index is 3510. The lowest BCUT2D eigenvalue weighted by Crippen LogP contribution is -2.31. The van der Waals surface area contributed by atoms with E-state index in [2.05, 4.69) is 291 Å². The summed E-state index contributed by atoms with van der Waals surface area (Å²) in [7, 11) is 0. The van der Waals surface area contributed by atoms with Crippen molar-refractivity contribution in [2.45, 2.75) is 110 Å². The summed E-state index contributed by atoms with van der Waals surface area (Å²) in [6.07, 6.45) is 9.91. The third kappa shape index (κ3) is 9.06. The fourth-order valence-corrected chi connectivity index (χ4v) is 10.2. The number of hydrogen-bond donors (Lipinski definition) is 0. The highest BCUT2D eigenvalue weighted by molar-refractivity contribution is 6.09. The van der Waals surface area contributed by atoms with Crippen molar-refractivity contribution in [3.8, 4) is 28.7 Å². The van der Waals surface area contributed by atoms with Crippen LogP contribution in [0.15, 0.2) is 195 Å². The van der Waals surface area contributed by atoms with Gasteiger partial charge in [0.05, 0.1) is 22.4 Å². The minimum atomic E-state index is -0.349. The van der Waals surface area contributed by atoms with Gasteiger partial charge in [0.1, 0.15) is 17.3 Å². The standard InChI is InChI=1S/C67H68N4O/c1-63(2,3)49-28-31-60-59(41-49)58-30-29-56(44-61(58)71(60)62-42-50(32-33-68-62)64(4,5)6)72-57-40-53(67(11,12)48-26-20-15-21-27-48)39-55(43-57)70-35-34-69(45-70)54-37-51(65(7,8)46-22-16-13-17-23-46)36-52(38-54)66(9,10)47-24-18-14-19-25-47/h13-44H,1-12H3. The third-order valence-corrected chi connectivity index (χ3v) is 15.3. The smallest absolute Gasteiger partial charge is 0.268 e. The molecule has 0 aliphatic rings. The van der Waals surface area contributed by atoms with Crippen LogP contribution in [0, 0.1) is 6.33 Å². The van der Waals surface area contributed by atoms with E-state index in [1.165, 1.54) is 44.3 Å². The maximum atomic E-state index is 7.08. The summed E-state index contributed by atoms with van der Waals surface area (Å²) in [4.78, 5) is 4.99. The molecule has 0 saturated heterocycles. The van der Waals surface area contributed by atoms with Crippen molar-refractivity contribution >= 4 is 21.8 Å². The van der Waals surface area contributed by atoms with Crippen LogP contribution in [0.1, 0.15) is 128 Å². The molecular formula is C67H68N4O. The predicted octanol–water partition coefficient (Wildman–Crippen LogP) is 16.4. The Hall–Kier alpha value is -7.50. The molecule has 0 N–H and O–H groups in total. The molecule has 10 aromatic rings. The lowest BCUT2D eigenvalue weighted by atomic mass is 9.73. The molecule has 3 aromatic heterocycles. The molecule has 0 unspecified atom stereocenters.